The molecule has 12 heteroatoms. The fourth-order valence-corrected chi connectivity index (χ4v) is 7.29. The molecule has 0 unspecified atom stereocenters. The molecule has 12 aromatic heterocycles. The van der Waals surface area contributed by atoms with Gasteiger partial charge in [-0.05, 0) is 341 Å². The lowest BCUT2D eigenvalue weighted by Crippen LogP contribution is -1.81. The molecule has 12 aromatic rings. The molecule has 504 valence electrons. The summed E-state index contributed by atoms with van der Waals surface area (Å²) in [5.41, 5.74) is 28.8. The van der Waals surface area contributed by atoms with Crippen LogP contribution in [0.25, 0.3) is 0 Å². The molecule has 96 heavy (non-hydrogen) atoms. The highest BCUT2D eigenvalue weighted by molar-refractivity contribution is 5.22. The van der Waals surface area contributed by atoms with Crippen LogP contribution in [-0.2, 0) is 0 Å². The van der Waals surface area contributed by atoms with Gasteiger partial charge < -0.3 is 0 Å². The van der Waals surface area contributed by atoms with Crippen LogP contribution < -0.4 is 0 Å². The molecule has 0 fully saturated rings. The highest BCUT2D eigenvalue weighted by atomic mass is 14.7. The summed E-state index contributed by atoms with van der Waals surface area (Å²) in [5.74, 6) is 0. The van der Waals surface area contributed by atoms with Gasteiger partial charge in [0, 0.05) is 144 Å². The molecular weight excluding hydrogens is 1180 g/mol. The Morgan fingerprint density at radius 3 is 0.677 bits per heavy atom. The van der Waals surface area contributed by atoms with E-state index in [-0.39, 0.29) is 0 Å². The number of rotatable bonds is 0. The van der Waals surface area contributed by atoms with Gasteiger partial charge in [0.1, 0.15) is 0 Å². The number of aryl methyl sites for hydroxylation is 24. The van der Waals surface area contributed by atoms with E-state index in [1.165, 1.54) is 83.5 Å². The van der Waals surface area contributed by atoms with Gasteiger partial charge in [-0.1, -0.05) is 36.4 Å². The lowest BCUT2D eigenvalue weighted by Gasteiger charge is -1.92. The van der Waals surface area contributed by atoms with Gasteiger partial charge in [0.05, 0.1) is 0 Å². The zero-order valence-corrected chi connectivity index (χ0v) is 62.2. The second-order valence-electron chi connectivity index (χ2n) is 23.5. The summed E-state index contributed by atoms with van der Waals surface area (Å²) in [6.45, 7) is 48.8. The summed E-state index contributed by atoms with van der Waals surface area (Å²) in [4.78, 5) is 48.4. The normalized spacial score (nSPS) is 9.25. The third-order valence-electron chi connectivity index (χ3n) is 13.8. The molecule has 0 spiro atoms. The minimum absolute atomic E-state index is 1.08. The monoisotopic (exact) mass is 1280 g/mol. The average Bonchev–Trinajstić information content (AvgIpc) is 3.74. The summed E-state index contributed by atoms with van der Waals surface area (Å²) in [7, 11) is 0. The summed E-state index contributed by atoms with van der Waals surface area (Å²) < 4.78 is 0. The molecule has 0 radical (unpaired) electrons. The molecule has 0 bridgehead atoms. The summed E-state index contributed by atoms with van der Waals surface area (Å²) >= 11 is 0. The van der Waals surface area contributed by atoms with Gasteiger partial charge in [-0.2, -0.15) is 0 Å². The zero-order valence-electron chi connectivity index (χ0n) is 62.2. The van der Waals surface area contributed by atoms with Crippen molar-refractivity contribution in [3.05, 3.63) is 355 Å². The van der Waals surface area contributed by atoms with Crippen LogP contribution in [0.5, 0.6) is 0 Å². The Balaban J connectivity index is 0.000000524. The smallest absolute Gasteiger partial charge is 0.0401 e. The largest absolute Gasteiger partial charge is 0.264 e. The highest BCUT2D eigenvalue weighted by Gasteiger charge is 1.91. The number of pyridine rings is 12. The van der Waals surface area contributed by atoms with Crippen molar-refractivity contribution in [1.82, 2.24) is 59.8 Å². The van der Waals surface area contributed by atoms with E-state index in [9.17, 15) is 0 Å². The van der Waals surface area contributed by atoms with E-state index in [0.717, 1.165) is 51.2 Å². The first kappa shape index (κ1) is 83.8. The first-order valence-electron chi connectivity index (χ1n) is 32.2. The quantitative estimate of drug-likeness (QED) is 0.142. The molecule has 12 heterocycles. The van der Waals surface area contributed by atoms with E-state index < -0.39 is 0 Å². The van der Waals surface area contributed by atoms with Crippen LogP contribution in [0.15, 0.2) is 220 Å². The SMILES string of the molecule is Cc1ccc(C)nc1.Cc1ccc(C)nc1.Cc1cccc(C)n1.Cc1cccnc1C.Cc1cccnc1C.Cc1ccnc(C)c1.Cc1ccnc(C)c1.Cc1ccnc(C)c1.Cc1ccncc1C.Cc1ccncc1C.Cc1ccncc1C.Cc1cncc(C)c1. The van der Waals surface area contributed by atoms with Gasteiger partial charge in [0.15, 0.2) is 0 Å². The fourth-order valence-electron chi connectivity index (χ4n) is 7.29. The van der Waals surface area contributed by atoms with E-state index in [2.05, 4.69) is 184 Å². The molecule has 0 aliphatic carbocycles. The molecule has 0 saturated heterocycles. The van der Waals surface area contributed by atoms with E-state index in [1.807, 2.05) is 262 Å². The maximum Gasteiger partial charge on any atom is 0.0401 e. The van der Waals surface area contributed by atoms with E-state index >= 15 is 0 Å². The molecule has 0 N–H and O–H groups in total. The zero-order chi connectivity index (χ0) is 71.8. The predicted octanol–water partition coefficient (Wildman–Crippen LogP) is 20.4. The van der Waals surface area contributed by atoms with Crippen molar-refractivity contribution in [3.63, 3.8) is 0 Å². The van der Waals surface area contributed by atoms with Gasteiger partial charge in [0.25, 0.3) is 0 Å². The van der Waals surface area contributed by atoms with Crippen molar-refractivity contribution in [3.8, 4) is 0 Å². The summed E-state index contributed by atoms with van der Waals surface area (Å²) in [6, 6.07) is 42.4. The molecule has 0 aromatic carbocycles. The van der Waals surface area contributed by atoms with Gasteiger partial charge >= 0.3 is 0 Å². The molecule has 12 nitrogen and oxygen atoms in total. The highest BCUT2D eigenvalue weighted by Crippen LogP contribution is 2.05. The lowest BCUT2D eigenvalue weighted by molar-refractivity contribution is 1.12. The first-order valence-corrected chi connectivity index (χ1v) is 32.2. The van der Waals surface area contributed by atoms with E-state index in [0.29, 0.717) is 0 Å². The predicted molar refractivity (Wildman–Crippen MR) is 405 cm³/mol. The van der Waals surface area contributed by atoms with Crippen molar-refractivity contribution in [2.45, 2.75) is 166 Å². The van der Waals surface area contributed by atoms with Crippen molar-refractivity contribution in [2.24, 2.45) is 0 Å². The van der Waals surface area contributed by atoms with Crippen molar-refractivity contribution >= 4 is 0 Å². The minimum atomic E-state index is 1.08. The third-order valence-corrected chi connectivity index (χ3v) is 13.8. The Bertz CT molecular complexity index is 3230. The van der Waals surface area contributed by atoms with Crippen LogP contribution >= 0.6 is 0 Å². The van der Waals surface area contributed by atoms with Crippen LogP contribution in [0.4, 0.5) is 0 Å². The Morgan fingerprint density at radius 1 is 0.177 bits per heavy atom. The summed E-state index contributed by atoms with van der Waals surface area (Å²) in [5, 5.41) is 0. The second-order valence-corrected chi connectivity index (χ2v) is 23.5. The van der Waals surface area contributed by atoms with Crippen LogP contribution in [-0.4, -0.2) is 59.8 Å². The fraction of sp³-hybridized carbons (Fsp3) is 0.286. The first-order chi connectivity index (χ1) is 45.5. The van der Waals surface area contributed by atoms with Crippen molar-refractivity contribution in [2.75, 3.05) is 0 Å². The molecule has 0 aliphatic rings. The maximum atomic E-state index is 4.17. The van der Waals surface area contributed by atoms with Crippen molar-refractivity contribution < 1.29 is 0 Å². The molecular formula is C84H108N12. The summed E-state index contributed by atoms with van der Waals surface area (Å²) in [6.07, 6.45) is 27.6. The third kappa shape index (κ3) is 43.6. The Morgan fingerprint density at radius 2 is 0.510 bits per heavy atom. The second kappa shape index (κ2) is 49.4. The Kier molecular flexibility index (Phi) is 43.1. The molecule has 12 rings (SSSR count). The number of nitrogens with zero attached hydrogens (tertiary/aromatic N) is 12. The maximum absolute atomic E-state index is 4.17. The van der Waals surface area contributed by atoms with Gasteiger partial charge in [-0.15, -0.1) is 0 Å². The van der Waals surface area contributed by atoms with Crippen LogP contribution in [0, 0.1) is 166 Å². The van der Waals surface area contributed by atoms with Gasteiger partial charge in [-0.25, -0.2) is 0 Å². The lowest BCUT2D eigenvalue weighted by atomic mass is 10.2. The minimum Gasteiger partial charge on any atom is -0.264 e. The molecule has 0 atom stereocenters. The number of hydrogen-bond donors (Lipinski definition) is 0. The Labute approximate surface area is 578 Å². The van der Waals surface area contributed by atoms with Gasteiger partial charge in [0.2, 0.25) is 0 Å². The standard InChI is InChI=1S/12C7H9N/c1-6-3-7(2)5-8-4-6;3*1-6-3-4-8-5-7(6)2;3*1-6-3-4-8-7(2)5-6;2*1-6-3-4-7(2)8-5-6;2*1-6-4-3-5-8-7(6)2;1-6-4-3-5-7(2)8-6/h12*3-5H,1-2H3. The number of aromatic nitrogens is 12. The van der Waals surface area contributed by atoms with Crippen LogP contribution in [0.3, 0.4) is 0 Å². The Hall–Kier alpha value is -10.2. The molecule has 0 saturated carbocycles. The van der Waals surface area contributed by atoms with E-state index in [4.69, 9.17) is 0 Å². The van der Waals surface area contributed by atoms with Crippen LogP contribution in [0.2, 0.25) is 0 Å². The van der Waals surface area contributed by atoms with Gasteiger partial charge in [-0.3, -0.25) is 59.8 Å². The number of hydrogen-bond acceptors (Lipinski definition) is 12. The average molecular weight is 1290 g/mol. The molecule has 0 aliphatic heterocycles. The molecule has 0 amide bonds. The topological polar surface area (TPSA) is 155 Å². The van der Waals surface area contributed by atoms with Crippen molar-refractivity contribution in [1.29, 1.82) is 0 Å². The van der Waals surface area contributed by atoms with E-state index in [1.54, 1.807) is 0 Å². The van der Waals surface area contributed by atoms with Crippen LogP contribution in [0.1, 0.15) is 135 Å².